The third-order valence-electron chi connectivity index (χ3n) is 2.28. The summed E-state index contributed by atoms with van der Waals surface area (Å²) >= 11 is 0. The van der Waals surface area contributed by atoms with Crippen molar-refractivity contribution < 1.29 is 9.53 Å². The van der Waals surface area contributed by atoms with Crippen LogP contribution in [0.4, 0.5) is 5.69 Å². The van der Waals surface area contributed by atoms with Crippen LogP contribution in [0.1, 0.15) is 12.0 Å². The van der Waals surface area contributed by atoms with Crippen molar-refractivity contribution in [3.63, 3.8) is 0 Å². The van der Waals surface area contributed by atoms with Gasteiger partial charge in [0.1, 0.15) is 12.1 Å². The molecule has 0 saturated carbocycles. The number of anilines is 1. The molecular formula is C13H12N4O2. The predicted molar refractivity (Wildman–Crippen MR) is 69.1 cm³/mol. The van der Waals surface area contributed by atoms with Crippen LogP contribution in [0.5, 0.6) is 0 Å². The molecule has 0 heterocycles. The second-order valence-electron chi connectivity index (χ2n) is 3.57. The van der Waals surface area contributed by atoms with E-state index in [2.05, 4.69) is 15.3 Å². The molecule has 0 atom stereocenters. The number of carbonyl (C=O) groups excluding carboxylic acids is 1. The highest BCUT2D eigenvalue weighted by Gasteiger charge is 2.02. The Hall–Kier alpha value is -2.86. The zero-order valence-corrected chi connectivity index (χ0v) is 10.4. The summed E-state index contributed by atoms with van der Waals surface area (Å²) in [5, 5.41) is 20.7. The van der Waals surface area contributed by atoms with E-state index in [1.165, 1.54) is 7.11 Å². The van der Waals surface area contributed by atoms with Gasteiger partial charge in [0.2, 0.25) is 5.71 Å². The Labute approximate surface area is 110 Å². The molecule has 96 valence electrons. The molecule has 1 aromatic rings. The van der Waals surface area contributed by atoms with Gasteiger partial charge < -0.3 is 4.74 Å². The van der Waals surface area contributed by atoms with Crippen LogP contribution in [0, 0.1) is 22.7 Å². The third kappa shape index (κ3) is 4.88. The standard InChI is InChI=1S/C13H12N4O2/c1-19-13(18)6-5-10-3-2-4-11(7-10)16-17-12(8-14)9-15/h2-4,7,16H,5-6H2,1H3. The quantitative estimate of drug-likeness (QED) is 0.490. The Morgan fingerprint density at radius 3 is 2.79 bits per heavy atom. The van der Waals surface area contributed by atoms with E-state index in [1.807, 2.05) is 6.07 Å². The first kappa shape index (κ1) is 14.2. The van der Waals surface area contributed by atoms with Crippen molar-refractivity contribution in [2.24, 2.45) is 5.10 Å². The largest absolute Gasteiger partial charge is 0.469 e. The fourth-order valence-electron chi connectivity index (χ4n) is 1.34. The number of hydrogen-bond acceptors (Lipinski definition) is 6. The van der Waals surface area contributed by atoms with Gasteiger partial charge in [0.05, 0.1) is 12.8 Å². The van der Waals surface area contributed by atoms with Crippen LogP contribution in [-0.4, -0.2) is 18.8 Å². The van der Waals surface area contributed by atoms with Gasteiger partial charge in [-0.2, -0.15) is 15.6 Å². The fourth-order valence-corrected chi connectivity index (χ4v) is 1.34. The van der Waals surface area contributed by atoms with E-state index in [-0.39, 0.29) is 11.7 Å². The molecule has 0 radical (unpaired) electrons. The van der Waals surface area contributed by atoms with Crippen LogP contribution in [0.15, 0.2) is 29.4 Å². The number of ether oxygens (including phenoxy) is 1. The highest BCUT2D eigenvalue weighted by molar-refractivity contribution is 6.10. The number of esters is 1. The summed E-state index contributed by atoms with van der Waals surface area (Å²) in [4.78, 5) is 11.0. The summed E-state index contributed by atoms with van der Waals surface area (Å²) in [6.07, 6.45) is 0.847. The van der Waals surface area contributed by atoms with Gasteiger partial charge in [0.25, 0.3) is 0 Å². The molecule has 0 fully saturated rings. The molecule has 1 aromatic carbocycles. The second kappa shape index (κ2) is 7.46. The van der Waals surface area contributed by atoms with Gasteiger partial charge in [-0.15, -0.1) is 0 Å². The van der Waals surface area contributed by atoms with E-state index in [9.17, 15) is 4.79 Å². The molecule has 0 aliphatic heterocycles. The average molecular weight is 256 g/mol. The summed E-state index contributed by atoms with van der Waals surface area (Å²) in [5.41, 5.74) is 3.94. The smallest absolute Gasteiger partial charge is 0.305 e. The number of nitrogens with zero attached hydrogens (tertiary/aromatic N) is 3. The maximum absolute atomic E-state index is 11.0. The van der Waals surface area contributed by atoms with Gasteiger partial charge >= 0.3 is 5.97 Å². The first-order valence-corrected chi connectivity index (χ1v) is 5.49. The number of rotatable bonds is 5. The zero-order valence-electron chi connectivity index (χ0n) is 10.4. The molecule has 1 rings (SSSR count). The molecule has 6 nitrogen and oxygen atoms in total. The maximum Gasteiger partial charge on any atom is 0.305 e. The number of hydrazone groups is 1. The molecule has 0 amide bonds. The average Bonchev–Trinajstić information content (AvgIpc) is 2.46. The molecule has 0 bridgehead atoms. The molecule has 0 aliphatic carbocycles. The maximum atomic E-state index is 11.0. The monoisotopic (exact) mass is 256 g/mol. The lowest BCUT2D eigenvalue weighted by molar-refractivity contribution is -0.140. The lowest BCUT2D eigenvalue weighted by Crippen LogP contribution is -2.02. The normalized spacial score (nSPS) is 8.79. The molecule has 1 N–H and O–H groups in total. The third-order valence-corrected chi connectivity index (χ3v) is 2.28. The molecule has 0 unspecified atom stereocenters. The Kier molecular flexibility index (Phi) is 5.58. The highest BCUT2D eigenvalue weighted by atomic mass is 16.5. The summed E-state index contributed by atoms with van der Waals surface area (Å²) in [6, 6.07) is 10.5. The van der Waals surface area contributed by atoms with Crippen molar-refractivity contribution in [2.75, 3.05) is 12.5 Å². The molecular weight excluding hydrogens is 244 g/mol. The minimum absolute atomic E-state index is 0.250. The molecule has 6 heteroatoms. The zero-order chi connectivity index (χ0) is 14.1. The Morgan fingerprint density at radius 2 is 2.16 bits per heavy atom. The lowest BCUT2D eigenvalue weighted by atomic mass is 10.1. The van der Waals surface area contributed by atoms with Crippen molar-refractivity contribution >= 4 is 17.4 Å². The highest BCUT2D eigenvalue weighted by Crippen LogP contribution is 2.12. The first-order valence-electron chi connectivity index (χ1n) is 5.49. The summed E-state index contributed by atoms with van der Waals surface area (Å²) in [5.74, 6) is -0.271. The van der Waals surface area contributed by atoms with Gasteiger partial charge in [-0.25, -0.2) is 0 Å². The minimum Gasteiger partial charge on any atom is -0.469 e. The SMILES string of the molecule is COC(=O)CCc1cccc(NN=C(C#N)C#N)c1. The van der Waals surface area contributed by atoms with E-state index in [0.29, 0.717) is 18.5 Å². The summed E-state index contributed by atoms with van der Waals surface area (Å²) in [7, 11) is 1.35. The number of benzene rings is 1. The number of nitrogens with one attached hydrogen (secondary N) is 1. The van der Waals surface area contributed by atoms with Crippen molar-refractivity contribution in [2.45, 2.75) is 12.8 Å². The molecule has 0 saturated heterocycles. The fraction of sp³-hybridized carbons (Fsp3) is 0.231. The van der Waals surface area contributed by atoms with Gasteiger partial charge in [-0.05, 0) is 24.1 Å². The van der Waals surface area contributed by atoms with Crippen molar-refractivity contribution in [3.8, 4) is 12.1 Å². The Bertz CT molecular complexity index is 551. The van der Waals surface area contributed by atoms with Gasteiger partial charge in [-0.3, -0.25) is 10.2 Å². The molecule has 19 heavy (non-hydrogen) atoms. The molecule has 0 spiro atoms. The Balaban J connectivity index is 2.68. The predicted octanol–water partition coefficient (Wildman–Crippen LogP) is 1.61. The summed E-state index contributed by atoms with van der Waals surface area (Å²) < 4.78 is 4.56. The lowest BCUT2D eigenvalue weighted by Gasteiger charge is -2.04. The van der Waals surface area contributed by atoms with Gasteiger partial charge in [-0.1, -0.05) is 12.1 Å². The topological polar surface area (TPSA) is 98.3 Å². The number of aryl methyl sites for hydroxylation is 1. The first-order chi connectivity index (χ1) is 9.19. The number of carbonyl (C=O) groups is 1. The number of hydrogen-bond donors (Lipinski definition) is 1. The van der Waals surface area contributed by atoms with Crippen molar-refractivity contribution in [1.82, 2.24) is 0 Å². The van der Waals surface area contributed by atoms with Crippen LogP contribution in [0.25, 0.3) is 0 Å². The molecule has 0 aromatic heterocycles. The van der Waals surface area contributed by atoms with Crippen LogP contribution < -0.4 is 5.43 Å². The number of nitriles is 2. The molecule has 0 aliphatic rings. The second-order valence-corrected chi connectivity index (χ2v) is 3.57. The van der Waals surface area contributed by atoms with Crippen LogP contribution in [0.3, 0.4) is 0 Å². The van der Waals surface area contributed by atoms with Crippen LogP contribution >= 0.6 is 0 Å². The van der Waals surface area contributed by atoms with E-state index in [0.717, 1.165) is 5.56 Å². The minimum atomic E-state index is -0.271. The van der Waals surface area contributed by atoms with Crippen molar-refractivity contribution in [3.05, 3.63) is 29.8 Å². The van der Waals surface area contributed by atoms with Crippen LogP contribution in [-0.2, 0) is 16.0 Å². The van der Waals surface area contributed by atoms with Gasteiger partial charge in [0, 0.05) is 6.42 Å². The van der Waals surface area contributed by atoms with Gasteiger partial charge in [0.15, 0.2) is 0 Å². The number of methoxy groups -OCH3 is 1. The summed E-state index contributed by atoms with van der Waals surface area (Å²) in [6.45, 7) is 0. The van der Waals surface area contributed by atoms with Crippen LogP contribution in [0.2, 0.25) is 0 Å². The van der Waals surface area contributed by atoms with E-state index >= 15 is 0 Å². The Morgan fingerprint density at radius 1 is 1.42 bits per heavy atom. The van der Waals surface area contributed by atoms with E-state index in [4.69, 9.17) is 10.5 Å². The van der Waals surface area contributed by atoms with E-state index < -0.39 is 0 Å². The van der Waals surface area contributed by atoms with E-state index in [1.54, 1.807) is 30.3 Å². The van der Waals surface area contributed by atoms with Crippen molar-refractivity contribution in [1.29, 1.82) is 10.5 Å².